The van der Waals surface area contributed by atoms with E-state index in [0.717, 1.165) is 38.0 Å². The van der Waals surface area contributed by atoms with Gasteiger partial charge in [-0.15, -0.1) is 0 Å². The van der Waals surface area contributed by atoms with E-state index in [2.05, 4.69) is 11.8 Å². The zero-order valence-corrected chi connectivity index (χ0v) is 14.6. The van der Waals surface area contributed by atoms with Gasteiger partial charge in [-0.05, 0) is 31.2 Å². The van der Waals surface area contributed by atoms with Gasteiger partial charge in [0.2, 0.25) is 0 Å². The van der Waals surface area contributed by atoms with Crippen molar-refractivity contribution in [3.63, 3.8) is 0 Å². The maximum absolute atomic E-state index is 13.0. The summed E-state index contributed by atoms with van der Waals surface area (Å²) in [5.74, 6) is 0.590. The third-order valence-electron chi connectivity index (χ3n) is 5.38. The van der Waals surface area contributed by atoms with Gasteiger partial charge in [0.05, 0.1) is 16.2 Å². The fourth-order valence-electron chi connectivity index (χ4n) is 3.67. The Kier molecular flexibility index (Phi) is 5.22. The maximum Gasteiger partial charge on any atom is 0.270 e. The normalized spacial score (nSPS) is 21.6. The summed E-state index contributed by atoms with van der Waals surface area (Å²) in [6.07, 6.45) is 2.88. The monoisotopic (exact) mass is 347 g/mol. The van der Waals surface area contributed by atoms with Gasteiger partial charge in [-0.1, -0.05) is 6.92 Å². The summed E-state index contributed by atoms with van der Waals surface area (Å²) in [6.45, 7) is 5.10. The number of carbonyl (C=O) groups excluding carboxylic acids is 1. The molecular formula is C18H25N3O4. The van der Waals surface area contributed by atoms with Gasteiger partial charge in [0.1, 0.15) is 0 Å². The molecule has 0 aliphatic carbocycles. The lowest BCUT2D eigenvalue weighted by Gasteiger charge is -2.33. The predicted octanol–water partition coefficient (Wildman–Crippen LogP) is 2.29. The van der Waals surface area contributed by atoms with E-state index in [1.165, 1.54) is 12.1 Å². The molecule has 1 atom stereocenters. The Labute approximate surface area is 147 Å². The van der Waals surface area contributed by atoms with Crippen molar-refractivity contribution in [1.29, 1.82) is 0 Å². The molecule has 0 radical (unpaired) electrons. The number of hydrogen-bond acceptors (Lipinski definition) is 5. The SMILES string of the molecule is CC1CCN(c2ccc([N+](=O)[O-])cc2C(=O)N2CCC(CO)C2)CC1. The van der Waals surface area contributed by atoms with Crippen LogP contribution in [0, 0.1) is 22.0 Å². The first kappa shape index (κ1) is 17.7. The molecule has 2 saturated heterocycles. The highest BCUT2D eigenvalue weighted by Crippen LogP contribution is 2.31. The quantitative estimate of drug-likeness (QED) is 0.667. The number of hydrogen-bond donors (Lipinski definition) is 1. The van der Waals surface area contributed by atoms with Crippen molar-refractivity contribution >= 4 is 17.3 Å². The van der Waals surface area contributed by atoms with Crippen molar-refractivity contribution in [3.05, 3.63) is 33.9 Å². The second-order valence-electron chi connectivity index (χ2n) is 7.22. The fraction of sp³-hybridized carbons (Fsp3) is 0.611. The predicted molar refractivity (Wildman–Crippen MR) is 94.8 cm³/mol. The number of anilines is 1. The summed E-state index contributed by atoms with van der Waals surface area (Å²) in [5, 5.41) is 20.5. The van der Waals surface area contributed by atoms with Crippen LogP contribution in [-0.2, 0) is 0 Å². The highest BCUT2D eigenvalue weighted by atomic mass is 16.6. The van der Waals surface area contributed by atoms with Gasteiger partial charge in [0.15, 0.2) is 0 Å². The lowest BCUT2D eigenvalue weighted by atomic mass is 9.97. The van der Waals surface area contributed by atoms with E-state index in [9.17, 15) is 20.0 Å². The Hall–Kier alpha value is -2.15. The zero-order valence-electron chi connectivity index (χ0n) is 14.6. The standard InChI is InChI=1S/C18H25N3O4/c1-13-4-7-19(8-5-13)17-3-2-15(21(24)25)10-16(17)18(23)20-9-6-14(11-20)12-22/h2-3,10,13-14,22H,4-9,11-12H2,1H3. The summed E-state index contributed by atoms with van der Waals surface area (Å²) < 4.78 is 0. The van der Waals surface area contributed by atoms with Crippen LogP contribution in [0.15, 0.2) is 18.2 Å². The number of aliphatic hydroxyl groups excluding tert-OH is 1. The second kappa shape index (κ2) is 7.39. The molecule has 25 heavy (non-hydrogen) atoms. The van der Waals surface area contributed by atoms with E-state index in [4.69, 9.17) is 0 Å². The number of nitrogens with zero attached hydrogens (tertiary/aromatic N) is 3. The number of likely N-dealkylation sites (tertiary alicyclic amines) is 1. The molecule has 0 saturated carbocycles. The highest BCUT2D eigenvalue weighted by Gasteiger charge is 2.30. The molecule has 0 aromatic heterocycles. The fourth-order valence-corrected chi connectivity index (χ4v) is 3.67. The van der Waals surface area contributed by atoms with Crippen molar-refractivity contribution in [2.75, 3.05) is 37.7 Å². The average Bonchev–Trinajstić information content (AvgIpc) is 3.10. The van der Waals surface area contributed by atoms with Crippen molar-refractivity contribution < 1.29 is 14.8 Å². The molecule has 2 aliphatic rings. The molecule has 136 valence electrons. The van der Waals surface area contributed by atoms with Crippen LogP contribution in [0.1, 0.15) is 36.5 Å². The van der Waals surface area contributed by atoms with Crippen LogP contribution in [0.4, 0.5) is 11.4 Å². The number of carbonyl (C=O) groups is 1. The minimum absolute atomic E-state index is 0.0598. The molecule has 0 bridgehead atoms. The number of nitro groups is 1. The van der Waals surface area contributed by atoms with E-state index in [0.29, 0.717) is 24.6 Å². The summed E-state index contributed by atoms with van der Waals surface area (Å²) in [7, 11) is 0. The van der Waals surface area contributed by atoms with Crippen molar-refractivity contribution in [2.24, 2.45) is 11.8 Å². The Morgan fingerprint density at radius 1 is 1.28 bits per heavy atom. The molecule has 7 nitrogen and oxygen atoms in total. The molecule has 1 aromatic carbocycles. The minimum Gasteiger partial charge on any atom is -0.396 e. The lowest BCUT2D eigenvalue weighted by Crippen LogP contribution is -2.36. The van der Waals surface area contributed by atoms with Crippen LogP contribution in [-0.4, -0.2) is 53.6 Å². The molecule has 1 N–H and O–H groups in total. The largest absolute Gasteiger partial charge is 0.396 e. The van der Waals surface area contributed by atoms with E-state index < -0.39 is 4.92 Å². The number of piperidine rings is 1. The number of benzene rings is 1. The molecule has 0 spiro atoms. The Morgan fingerprint density at radius 3 is 2.60 bits per heavy atom. The average molecular weight is 347 g/mol. The van der Waals surface area contributed by atoms with E-state index in [1.54, 1.807) is 11.0 Å². The molecule has 2 fully saturated rings. The van der Waals surface area contributed by atoms with Gasteiger partial charge in [0.25, 0.3) is 11.6 Å². The van der Waals surface area contributed by atoms with Crippen LogP contribution in [0.3, 0.4) is 0 Å². The Bertz CT molecular complexity index is 656. The van der Waals surface area contributed by atoms with E-state index >= 15 is 0 Å². The van der Waals surface area contributed by atoms with Crippen LogP contribution in [0.25, 0.3) is 0 Å². The summed E-state index contributed by atoms with van der Waals surface area (Å²) in [6, 6.07) is 4.59. The molecular weight excluding hydrogens is 322 g/mol. The summed E-state index contributed by atoms with van der Waals surface area (Å²) in [4.78, 5) is 27.6. The first-order valence-electron chi connectivity index (χ1n) is 8.93. The molecule has 1 unspecified atom stereocenters. The molecule has 1 aromatic rings. The molecule has 2 aliphatic heterocycles. The summed E-state index contributed by atoms with van der Waals surface area (Å²) in [5.41, 5.74) is 1.13. The van der Waals surface area contributed by atoms with Gasteiger partial charge in [-0.2, -0.15) is 0 Å². The van der Waals surface area contributed by atoms with E-state index in [-0.39, 0.29) is 24.1 Å². The zero-order chi connectivity index (χ0) is 18.0. The van der Waals surface area contributed by atoms with Crippen LogP contribution in [0.5, 0.6) is 0 Å². The Morgan fingerprint density at radius 2 is 2.00 bits per heavy atom. The van der Waals surface area contributed by atoms with Gasteiger partial charge in [-0.3, -0.25) is 14.9 Å². The lowest BCUT2D eigenvalue weighted by molar-refractivity contribution is -0.384. The third kappa shape index (κ3) is 3.76. The molecule has 1 amide bonds. The molecule has 3 rings (SSSR count). The smallest absolute Gasteiger partial charge is 0.270 e. The van der Waals surface area contributed by atoms with Gasteiger partial charge in [0, 0.05) is 50.8 Å². The topological polar surface area (TPSA) is 86.9 Å². The summed E-state index contributed by atoms with van der Waals surface area (Å²) >= 11 is 0. The third-order valence-corrected chi connectivity index (χ3v) is 5.38. The minimum atomic E-state index is -0.459. The molecule has 7 heteroatoms. The first-order valence-corrected chi connectivity index (χ1v) is 8.93. The van der Waals surface area contributed by atoms with Crippen molar-refractivity contribution in [2.45, 2.75) is 26.2 Å². The van der Waals surface area contributed by atoms with E-state index in [1.807, 2.05) is 0 Å². The van der Waals surface area contributed by atoms with Crippen molar-refractivity contribution in [3.8, 4) is 0 Å². The van der Waals surface area contributed by atoms with Gasteiger partial charge < -0.3 is 14.9 Å². The number of amides is 1. The van der Waals surface area contributed by atoms with Crippen LogP contribution in [0.2, 0.25) is 0 Å². The highest BCUT2D eigenvalue weighted by molar-refractivity contribution is 6.00. The Balaban J connectivity index is 1.90. The van der Waals surface area contributed by atoms with Crippen molar-refractivity contribution in [1.82, 2.24) is 4.90 Å². The van der Waals surface area contributed by atoms with Gasteiger partial charge >= 0.3 is 0 Å². The first-order chi connectivity index (χ1) is 12.0. The van der Waals surface area contributed by atoms with Gasteiger partial charge in [-0.25, -0.2) is 0 Å². The molecule has 2 heterocycles. The number of aliphatic hydroxyl groups is 1. The number of non-ortho nitro benzene ring substituents is 1. The van der Waals surface area contributed by atoms with Crippen LogP contribution < -0.4 is 4.90 Å². The number of nitro benzene ring substituents is 1. The second-order valence-corrected chi connectivity index (χ2v) is 7.22. The maximum atomic E-state index is 13.0. The number of rotatable bonds is 4. The van der Waals surface area contributed by atoms with Crippen LogP contribution >= 0.6 is 0 Å².